The average molecular weight is 466 g/mol. The third-order valence-electron chi connectivity index (χ3n) is 6.17. The van der Waals surface area contributed by atoms with Crippen molar-refractivity contribution in [2.75, 3.05) is 26.9 Å². The standard InChI is InChI=1S/C27H35N3O4/c1-32-21-10-7-11-22(20-21)33-19-9-17-30-24-13-5-4-12-23(24)29-26(30)15-3-2-6-16-28-27(31)25-14-8-18-34-25/h4-5,7,10-13,20,25H,2-3,6,8-9,14-19H2,1H3,(H,28,31). The van der Waals surface area contributed by atoms with Gasteiger partial charge in [0.15, 0.2) is 0 Å². The van der Waals surface area contributed by atoms with Gasteiger partial charge >= 0.3 is 0 Å². The van der Waals surface area contributed by atoms with Gasteiger partial charge in [-0.15, -0.1) is 0 Å². The predicted octanol–water partition coefficient (Wildman–Crippen LogP) is 4.52. The number of nitrogens with zero attached hydrogens (tertiary/aromatic N) is 2. The summed E-state index contributed by atoms with van der Waals surface area (Å²) in [6.45, 7) is 2.89. The van der Waals surface area contributed by atoms with E-state index < -0.39 is 0 Å². The number of methoxy groups -OCH3 is 1. The Morgan fingerprint density at radius 2 is 2.00 bits per heavy atom. The molecule has 3 aromatic rings. The Bertz CT molecular complexity index is 1060. The fourth-order valence-corrected chi connectivity index (χ4v) is 4.36. The second-order valence-corrected chi connectivity index (χ2v) is 8.65. The van der Waals surface area contributed by atoms with Crippen molar-refractivity contribution in [3.63, 3.8) is 0 Å². The number of aromatic nitrogens is 2. The highest BCUT2D eigenvalue weighted by atomic mass is 16.5. The largest absolute Gasteiger partial charge is 0.497 e. The lowest BCUT2D eigenvalue weighted by molar-refractivity contribution is -0.130. The zero-order chi connectivity index (χ0) is 23.6. The molecule has 1 aliphatic heterocycles. The first-order chi connectivity index (χ1) is 16.7. The maximum atomic E-state index is 12.0. The monoisotopic (exact) mass is 465 g/mol. The Labute approximate surface area is 201 Å². The Kier molecular flexibility index (Phi) is 8.79. The van der Waals surface area contributed by atoms with Gasteiger partial charge in [-0.05, 0) is 56.4 Å². The van der Waals surface area contributed by atoms with Crippen molar-refractivity contribution in [2.45, 2.75) is 57.6 Å². The number of para-hydroxylation sites is 2. The minimum atomic E-state index is -0.243. The molecular weight excluding hydrogens is 430 g/mol. The van der Waals surface area contributed by atoms with Crippen LogP contribution in [-0.2, 0) is 22.5 Å². The highest BCUT2D eigenvalue weighted by molar-refractivity contribution is 5.80. The fourth-order valence-electron chi connectivity index (χ4n) is 4.36. The van der Waals surface area contributed by atoms with E-state index in [0.29, 0.717) is 19.8 Å². The number of hydrogen-bond acceptors (Lipinski definition) is 5. The minimum absolute atomic E-state index is 0.0375. The zero-order valence-corrected chi connectivity index (χ0v) is 20.0. The maximum absolute atomic E-state index is 12.0. The number of fused-ring (bicyclic) bond motifs is 1. The lowest BCUT2D eigenvalue weighted by Gasteiger charge is -2.12. The molecule has 1 aromatic heterocycles. The molecule has 1 saturated heterocycles. The molecule has 34 heavy (non-hydrogen) atoms. The Morgan fingerprint density at radius 3 is 2.85 bits per heavy atom. The van der Waals surface area contributed by atoms with E-state index in [0.717, 1.165) is 74.3 Å². The topological polar surface area (TPSA) is 74.6 Å². The van der Waals surface area contributed by atoms with Crippen LogP contribution in [0.2, 0.25) is 0 Å². The number of aryl methyl sites for hydroxylation is 2. The molecule has 7 heteroatoms. The van der Waals surface area contributed by atoms with Crippen LogP contribution < -0.4 is 14.8 Å². The van der Waals surface area contributed by atoms with Gasteiger partial charge in [-0.2, -0.15) is 0 Å². The van der Waals surface area contributed by atoms with E-state index in [1.807, 2.05) is 30.3 Å². The second-order valence-electron chi connectivity index (χ2n) is 8.65. The normalized spacial score (nSPS) is 15.5. The van der Waals surface area contributed by atoms with E-state index in [2.05, 4.69) is 28.1 Å². The minimum Gasteiger partial charge on any atom is -0.497 e. The van der Waals surface area contributed by atoms with Crippen LogP contribution in [0.4, 0.5) is 0 Å². The summed E-state index contributed by atoms with van der Waals surface area (Å²) in [7, 11) is 1.66. The molecule has 2 heterocycles. The molecule has 1 N–H and O–H groups in total. The van der Waals surface area contributed by atoms with Crippen LogP contribution >= 0.6 is 0 Å². The average Bonchev–Trinajstić information content (AvgIpc) is 3.52. The molecule has 0 saturated carbocycles. The summed E-state index contributed by atoms with van der Waals surface area (Å²) in [6, 6.07) is 16.0. The van der Waals surface area contributed by atoms with Gasteiger partial charge in [0.2, 0.25) is 5.91 Å². The fraction of sp³-hybridized carbons (Fsp3) is 0.481. The molecule has 0 aliphatic carbocycles. The lowest BCUT2D eigenvalue weighted by Crippen LogP contribution is -2.34. The summed E-state index contributed by atoms with van der Waals surface area (Å²) in [6.07, 6.45) is 6.44. The van der Waals surface area contributed by atoms with Gasteiger partial charge in [-0.1, -0.05) is 24.6 Å². The van der Waals surface area contributed by atoms with E-state index in [1.54, 1.807) is 7.11 Å². The van der Waals surface area contributed by atoms with Gasteiger partial charge in [0, 0.05) is 32.2 Å². The van der Waals surface area contributed by atoms with Crippen molar-refractivity contribution in [2.24, 2.45) is 0 Å². The number of imidazole rings is 1. The SMILES string of the molecule is COc1cccc(OCCCn2c(CCCCCNC(=O)C3CCCO3)nc3ccccc32)c1. The van der Waals surface area contributed by atoms with Gasteiger partial charge in [-0.25, -0.2) is 4.98 Å². The predicted molar refractivity (Wildman–Crippen MR) is 132 cm³/mol. The van der Waals surface area contributed by atoms with E-state index >= 15 is 0 Å². The first-order valence-electron chi connectivity index (χ1n) is 12.3. The quantitative estimate of drug-likeness (QED) is 0.376. The first-order valence-corrected chi connectivity index (χ1v) is 12.3. The number of unbranched alkanes of at least 4 members (excludes halogenated alkanes) is 2. The molecule has 7 nitrogen and oxygen atoms in total. The van der Waals surface area contributed by atoms with E-state index in [-0.39, 0.29) is 12.0 Å². The third-order valence-corrected chi connectivity index (χ3v) is 6.17. The molecule has 1 aliphatic rings. The van der Waals surface area contributed by atoms with Crippen LogP contribution in [0.25, 0.3) is 11.0 Å². The highest BCUT2D eigenvalue weighted by Crippen LogP contribution is 2.21. The van der Waals surface area contributed by atoms with Gasteiger partial charge in [0.25, 0.3) is 0 Å². The second kappa shape index (κ2) is 12.4. The number of hydrogen-bond donors (Lipinski definition) is 1. The molecule has 1 fully saturated rings. The van der Waals surface area contributed by atoms with Crippen molar-refractivity contribution in [3.8, 4) is 11.5 Å². The van der Waals surface area contributed by atoms with Crippen molar-refractivity contribution < 1.29 is 19.0 Å². The molecule has 1 amide bonds. The summed E-state index contributed by atoms with van der Waals surface area (Å²) in [5.74, 6) is 2.77. The number of carbonyl (C=O) groups is 1. The van der Waals surface area contributed by atoms with Crippen LogP contribution in [0.3, 0.4) is 0 Å². The van der Waals surface area contributed by atoms with Crippen LogP contribution in [0.15, 0.2) is 48.5 Å². The van der Waals surface area contributed by atoms with Crippen molar-refractivity contribution in [3.05, 3.63) is 54.4 Å². The molecule has 0 spiro atoms. The number of rotatable bonds is 13. The first kappa shape index (κ1) is 24.1. The maximum Gasteiger partial charge on any atom is 0.249 e. The van der Waals surface area contributed by atoms with Gasteiger partial charge in [0.1, 0.15) is 23.4 Å². The molecular formula is C27H35N3O4. The molecule has 1 atom stereocenters. The van der Waals surface area contributed by atoms with Crippen molar-refractivity contribution in [1.82, 2.24) is 14.9 Å². The molecule has 182 valence electrons. The molecule has 2 aromatic carbocycles. The third kappa shape index (κ3) is 6.50. The number of carbonyl (C=O) groups excluding carboxylic acids is 1. The van der Waals surface area contributed by atoms with Gasteiger partial charge < -0.3 is 24.1 Å². The Balaban J connectivity index is 1.24. The van der Waals surface area contributed by atoms with Gasteiger partial charge in [-0.3, -0.25) is 4.79 Å². The van der Waals surface area contributed by atoms with E-state index in [9.17, 15) is 4.79 Å². The summed E-state index contributed by atoms with van der Waals surface area (Å²) >= 11 is 0. The van der Waals surface area contributed by atoms with Crippen molar-refractivity contribution >= 4 is 16.9 Å². The molecule has 0 radical (unpaired) electrons. The summed E-state index contributed by atoms with van der Waals surface area (Å²) < 4.78 is 18.9. The summed E-state index contributed by atoms with van der Waals surface area (Å²) in [4.78, 5) is 16.9. The lowest BCUT2D eigenvalue weighted by atomic mass is 10.1. The number of benzene rings is 2. The smallest absolute Gasteiger partial charge is 0.249 e. The van der Waals surface area contributed by atoms with E-state index in [4.69, 9.17) is 19.2 Å². The van der Waals surface area contributed by atoms with Crippen LogP contribution in [-0.4, -0.2) is 48.4 Å². The van der Waals surface area contributed by atoms with Gasteiger partial charge in [0.05, 0.1) is 24.8 Å². The van der Waals surface area contributed by atoms with Crippen LogP contribution in [0.5, 0.6) is 11.5 Å². The highest BCUT2D eigenvalue weighted by Gasteiger charge is 2.22. The Morgan fingerprint density at radius 1 is 1.12 bits per heavy atom. The molecule has 0 bridgehead atoms. The number of nitrogens with one attached hydrogen (secondary N) is 1. The summed E-state index contributed by atoms with van der Waals surface area (Å²) in [5, 5.41) is 3.00. The number of amides is 1. The Hall–Kier alpha value is -3.06. The van der Waals surface area contributed by atoms with E-state index in [1.165, 1.54) is 5.52 Å². The van der Waals surface area contributed by atoms with Crippen LogP contribution in [0.1, 0.15) is 44.3 Å². The van der Waals surface area contributed by atoms with Crippen molar-refractivity contribution in [1.29, 1.82) is 0 Å². The summed E-state index contributed by atoms with van der Waals surface area (Å²) in [5.41, 5.74) is 2.21. The molecule has 1 unspecified atom stereocenters. The zero-order valence-electron chi connectivity index (χ0n) is 20.0. The molecule has 4 rings (SSSR count). The van der Waals surface area contributed by atoms with Crippen LogP contribution in [0, 0.1) is 0 Å². The number of ether oxygens (including phenoxy) is 3.